The van der Waals surface area contributed by atoms with Crippen LogP contribution in [-0.2, 0) is 0 Å². The Morgan fingerprint density at radius 3 is 2.38 bits per heavy atom. The number of aromatic nitrogens is 1. The molecule has 0 radical (unpaired) electrons. The van der Waals surface area contributed by atoms with Crippen molar-refractivity contribution in [3.63, 3.8) is 0 Å². The van der Waals surface area contributed by atoms with E-state index < -0.39 is 5.97 Å². The molecule has 1 aliphatic rings. The van der Waals surface area contributed by atoms with Crippen LogP contribution in [0.3, 0.4) is 0 Å². The minimum atomic E-state index is -1.06. The van der Waals surface area contributed by atoms with Gasteiger partial charge >= 0.3 is 5.97 Å². The van der Waals surface area contributed by atoms with Crippen molar-refractivity contribution in [1.82, 2.24) is 4.57 Å². The summed E-state index contributed by atoms with van der Waals surface area (Å²) in [6.45, 7) is 0. The molecule has 5 heteroatoms. The molecule has 1 N–H and O–H groups in total. The summed E-state index contributed by atoms with van der Waals surface area (Å²) in [5, 5.41) is 11.3. The van der Waals surface area contributed by atoms with E-state index in [0.29, 0.717) is 16.3 Å². The van der Waals surface area contributed by atoms with Gasteiger partial charge in [-0.25, -0.2) is 4.79 Å². The van der Waals surface area contributed by atoms with E-state index in [4.69, 9.17) is 0 Å². The highest BCUT2D eigenvalue weighted by Crippen LogP contribution is 2.36. The van der Waals surface area contributed by atoms with Gasteiger partial charge in [-0.2, -0.15) is 0 Å². The van der Waals surface area contributed by atoms with E-state index >= 15 is 0 Å². The molecule has 0 atom stereocenters. The van der Waals surface area contributed by atoms with Crippen LogP contribution in [0.15, 0.2) is 57.8 Å². The molecule has 132 valence electrons. The molecule has 26 heavy (non-hydrogen) atoms. The fourth-order valence-corrected chi connectivity index (χ4v) is 4.37. The number of hydrogen-bond donors (Lipinski definition) is 1. The Balaban J connectivity index is 2.19. The Kier molecular flexibility index (Phi) is 4.41. The molecule has 3 aromatic rings. The smallest absolute Gasteiger partial charge is 0.353 e. The second kappa shape index (κ2) is 6.72. The molecule has 1 aromatic heterocycles. The molecule has 0 spiro atoms. The van der Waals surface area contributed by atoms with Crippen LogP contribution < -0.4 is 5.56 Å². The van der Waals surface area contributed by atoms with Crippen molar-refractivity contribution in [2.45, 2.75) is 31.7 Å². The molecule has 0 amide bonds. The molecular weight excluding hydrogens is 394 g/mol. The fourth-order valence-electron chi connectivity index (χ4n) is 4.01. The summed E-state index contributed by atoms with van der Waals surface area (Å²) in [4.78, 5) is 25.5. The van der Waals surface area contributed by atoms with Gasteiger partial charge in [0.25, 0.3) is 5.56 Å². The third-order valence-corrected chi connectivity index (χ3v) is 5.63. The number of nitrogens with zero attached hydrogens (tertiary/aromatic N) is 1. The van der Waals surface area contributed by atoms with Gasteiger partial charge in [0.2, 0.25) is 0 Å². The van der Waals surface area contributed by atoms with Gasteiger partial charge < -0.3 is 5.11 Å². The maximum atomic E-state index is 13.2. The van der Waals surface area contributed by atoms with Gasteiger partial charge in [-0.05, 0) is 42.0 Å². The standard InChI is InChI=1S/C21H18BrNO3/c22-14-10-11-16-17(12-14)18(13-6-2-1-3-7-13)19(21(25)26)23(20(16)24)15-8-4-5-9-15/h1-3,6-7,10-12,15H,4-5,8-9H2,(H,25,26). The van der Waals surface area contributed by atoms with Crippen LogP contribution in [0, 0.1) is 0 Å². The summed E-state index contributed by atoms with van der Waals surface area (Å²) in [6, 6.07) is 14.9. The normalized spacial score (nSPS) is 14.8. The number of halogens is 1. The van der Waals surface area contributed by atoms with Crippen LogP contribution in [-0.4, -0.2) is 15.6 Å². The van der Waals surface area contributed by atoms with Gasteiger partial charge in [0, 0.05) is 21.5 Å². The predicted octanol–water partition coefficient (Wildman–Crippen LogP) is 5.24. The minimum absolute atomic E-state index is 0.0518. The number of fused-ring (bicyclic) bond motifs is 1. The van der Waals surface area contributed by atoms with Crippen molar-refractivity contribution in [1.29, 1.82) is 0 Å². The topological polar surface area (TPSA) is 59.3 Å². The van der Waals surface area contributed by atoms with Crippen LogP contribution in [0.25, 0.3) is 21.9 Å². The van der Waals surface area contributed by atoms with E-state index in [0.717, 1.165) is 35.7 Å². The van der Waals surface area contributed by atoms with Crippen molar-refractivity contribution >= 4 is 32.7 Å². The van der Waals surface area contributed by atoms with Gasteiger partial charge in [-0.1, -0.05) is 59.1 Å². The second-order valence-corrected chi connectivity index (χ2v) is 7.61. The minimum Gasteiger partial charge on any atom is -0.477 e. The van der Waals surface area contributed by atoms with Crippen LogP contribution in [0.5, 0.6) is 0 Å². The van der Waals surface area contributed by atoms with Crippen molar-refractivity contribution in [2.75, 3.05) is 0 Å². The van der Waals surface area contributed by atoms with Gasteiger partial charge in [0.05, 0.1) is 0 Å². The predicted molar refractivity (Wildman–Crippen MR) is 106 cm³/mol. The van der Waals surface area contributed by atoms with E-state index in [9.17, 15) is 14.7 Å². The number of carboxylic acid groups (broad SMARTS) is 1. The van der Waals surface area contributed by atoms with Crippen molar-refractivity contribution < 1.29 is 9.90 Å². The molecule has 2 aromatic carbocycles. The summed E-state index contributed by atoms with van der Waals surface area (Å²) in [6.07, 6.45) is 3.73. The van der Waals surface area contributed by atoms with Crippen molar-refractivity contribution in [2.24, 2.45) is 0 Å². The lowest BCUT2D eigenvalue weighted by Crippen LogP contribution is -2.30. The maximum Gasteiger partial charge on any atom is 0.353 e. The second-order valence-electron chi connectivity index (χ2n) is 6.70. The largest absolute Gasteiger partial charge is 0.477 e. The zero-order chi connectivity index (χ0) is 18.3. The SMILES string of the molecule is O=C(O)c1c(-c2ccccc2)c2cc(Br)ccc2c(=O)n1C1CCCC1. The molecule has 1 fully saturated rings. The average molecular weight is 412 g/mol. The van der Waals surface area contributed by atoms with Crippen LogP contribution in [0.2, 0.25) is 0 Å². The van der Waals surface area contributed by atoms with E-state index in [1.807, 2.05) is 42.5 Å². The number of carbonyl (C=O) groups is 1. The van der Waals surface area contributed by atoms with E-state index in [2.05, 4.69) is 15.9 Å². The first-order valence-electron chi connectivity index (χ1n) is 8.74. The highest BCUT2D eigenvalue weighted by Gasteiger charge is 2.28. The summed E-state index contributed by atoms with van der Waals surface area (Å²) in [5.74, 6) is -1.06. The number of rotatable bonds is 3. The molecule has 1 aliphatic carbocycles. The summed E-state index contributed by atoms with van der Waals surface area (Å²) in [5.41, 5.74) is 1.30. The third-order valence-electron chi connectivity index (χ3n) is 5.13. The lowest BCUT2D eigenvalue weighted by molar-refractivity contribution is 0.0682. The highest BCUT2D eigenvalue weighted by molar-refractivity contribution is 9.10. The first-order valence-corrected chi connectivity index (χ1v) is 9.53. The molecule has 0 saturated heterocycles. The van der Waals surface area contributed by atoms with Crippen LogP contribution in [0.4, 0.5) is 0 Å². The van der Waals surface area contributed by atoms with Crippen molar-refractivity contribution in [3.05, 3.63) is 69.1 Å². The number of pyridine rings is 1. The Labute approximate surface area is 159 Å². The lowest BCUT2D eigenvalue weighted by Gasteiger charge is -2.22. The first kappa shape index (κ1) is 17.0. The molecule has 4 rings (SSSR count). The Hall–Kier alpha value is -2.40. The zero-order valence-electron chi connectivity index (χ0n) is 14.1. The molecule has 0 bridgehead atoms. The summed E-state index contributed by atoms with van der Waals surface area (Å²) >= 11 is 3.45. The maximum absolute atomic E-state index is 13.2. The molecule has 0 aliphatic heterocycles. The highest BCUT2D eigenvalue weighted by atomic mass is 79.9. The molecular formula is C21H18BrNO3. The van der Waals surface area contributed by atoms with E-state index in [1.54, 1.807) is 6.07 Å². The Bertz CT molecular complexity index is 1050. The first-order chi connectivity index (χ1) is 12.6. The zero-order valence-corrected chi connectivity index (χ0v) is 15.7. The van der Waals surface area contributed by atoms with Crippen LogP contribution >= 0.6 is 15.9 Å². The number of carboxylic acids is 1. The fraction of sp³-hybridized carbons (Fsp3) is 0.238. The average Bonchev–Trinajstić information content (AvgIpc) is 3.16. The molecule has 0 unspecified atom stereocenters. The lowest BCUT2D eigenvalue weighted by atomic mass is 9.96. The third kappa shape index (κ3) is 2.76. The monoisotopic (exact) mass is 411 g/mol. The van der Waals surface area contributed by atoms with Gasteiger partial charge in [0.1, 0.15) is 5.69 Å². The number of benzene rings is 2. The Morgan fingerprint density at radius 1 is 1.04 bits per heavy atom. The quantitative estimate of drug-likeness (QED) is 0.640. The van der Waals surface area contributed by atoms with Gasteiger partial charge in [-0.15, -0.1) is 0 Å². The van der Waals surface area contributed by atoms with Crippen LogP contribution in [0.1, 0.15) is 42.2 Å². The van der Waals surface area contributed by atoms with Gasteiger partial charge in [-0.3, -0.25) is 9.36 Å². The molecule has 1 heterocycles. The molecule has 4 nitrogen and oxygen atoms in total. The molecule has 1 saturated carbocycles. The van der Waals surface area contributed by atoms with E-state index in [-0.39, 0.29) is 17.3 Å². The van der Waals surface area contributed by atoms with Gasteiger partial charge in [0.15, 0.2) is 0 Å². The van der Waals surface area contributed by atoms with Crippen molar-refractivity contribution in [3.8, 4) is 11.1 Å². The summed E-state index contributed by atoms with van der Waals surface area (Å²) < 4.78 is 2.35. The number of aromatic carboxylic acids is 1. The number of hydrogen-bond acceptors (Lipinski definition) is 2. The summed E-state index contributed by atoms with van der Waals surface area (Å²) in [7, 11) is 0. The van der Waals surface area contributed by atoms with E-state index in [1.165, 1.54) is 4.57 Å². The Morgan fingerprint density at radius 2 is 1.73 bits per heavy atom.